The SMILES string of the molecule is CCCCCCCCCCCCCCCCCCCCCCCC/C=C/CC/C=C/CC/C=C/C(O)C(COP(=O)(O)OCC[N+](C)(C)C)NC(=O)CCCCCCCCCCCCCC. The molecule has 66 heavy (non-hydrogen) atoms. The fraction of sp³-hybridized carbons (Fsp3) is 0.877. The third-order valence-corrected chi connectivity index (χ3v) is 13.8. The molecule has 0 spiro atoms. The molecule has 0 aliphatic heterocycles. The maximum atomic E-state index is 12.9. The number of phosphoric acid groups is 1. The summed E-state index contributed by atoms with van der Waals surface area (Å²) in [5.74, 6) is -0.190. The molecule has 0 rings (SSSR count). The van der Waals surface area contributed by atoms with Crippen molar-refractivity contribution in [3.63, 3.8) is 0 Å². The molecule has 1 amide bonds. The number of hydrogen-bond donors (Lipinski definition) is 3. The molecule has 3 N–H and O–H groups in total. The number of amides is 1. The third kappa shape index (κ3) is 50.6. The van der Waals surface area contributed by atoms with E-state index in [1.807, 2.05) is 27.2 Å². The Kier molecular flexibility index (Phi) is 47.8. The third-order valence-electron chi connectivity index (χ3n) is 12.8. The van der Waals surface area contributed by atoms with E-state index < -0.39 is 20.0 Å². The van der Waals surface area contributed by atoms with Gasteiger partial charge in [0, 0.05) is 6.42 Å². The normalized spacial score (nSPS) is 14.2. The molecule has 390 valence electrons. The van der Waals surface area contributed by atoms with Gasteiger partial charge in [-0.05, 0) is 44.9 Å². The van der Waals surface area contributed by atoms with Crippen LogP contribution in [-0.2, 0) is 18.4 Å². The Morgan fingerprint density at radius 1 is 0.500 bits per heavy atom. The molecule has 0 radical (unpaired) electrons. The zero-order valence-electron chi connectivity index (χ0n) is 44.4. The maximum absolute atomic E-state index is 12.9. The van der Waals surface area contributed by atoms with E-state index in [1.54, 1.807) is 6.08 Å². The van der Waals surface area contributed by atoms with Crippen LogP contribution >= 0.6 is 7.82 Å². The van der Waals surface area contributed by atoms with Crippen molar-refractivity contribution in [2.45, 2.75) is 283 Å². The number of hydrogen-bond acceptors (Lipinski definition) is 5. The van der Waals surface area contributed by atoms with Crippen LogP contribution in [0.15, 0.2) is 36.5 Å². The summed E-state index contributed by atoms with van der Waals surface area (Å²) in [5, 5.41) is 13.9. The first-order valence-electron chi connectivity index (χ1n) is 28.4. The molecule has 0 aliphatic carbocycles. The van der Waals surface area contributed by atoms with Crippen molar-refractivity contribution in [3.8, 4) is 0 Å². The minimum absolute atomic E-state index is 0.0548. The highest BCUT2D eigenvalue weighted by Crippen LogP contribution is 2.43. The zero-order valence-corrected chi connectivity index (χ0v) is 45.3. The van der Waals surface area contributed by atoms with Crippen LogP contribution in [0.2, 0.25) is 0 Å². The lowest BCUT2D eigenvalue weighted by Crippen LogP contribution is -2.45. The van der Waals surface area contributed by atoms with Crippen LogP contribution in [0.4, 0.5) is 0 Å². The topological polar surface area (TPSA) is 105 Å². The highest BCUT2D eigenvalue weighted by atomic mass is 31.2. The molecule has 0 aromatic rings. The van der Waals surface area contributed by atoms with Gasteiger partial charge in [-0.1, -0.05) is 256 Å². The summed E-state index contributed by atoms with van der Waals surface area (Å²) < 4.78 is 23.6. The average molecular weight is 953 g/mol. The van der Waals surface area contributed by atoms with Crippen LogP contribution < -0.4 is 5.32 Å². The van der Waals surface area contributed by atoms with E-state index in [2.05, 4.69) is 43.5 Å². The Hall–Kier alpha value is -1.28. The van der Waals surface area contributed by atoms with Gasteiger partial charge in [-0.2, -0.15) is 0 Å². The number of nitrogens with zero attached hydrogens (tertiary/aromatic N) is 1. The summed E-state index contributed by atoms with van der Waals surface area (Å²) in [7, 11) is 1.55. The monoisotopic (exact) mass is 952 g/mol. The first-order valence-corrected chi connectivity index (χ1v) is 29.9. The number of phosphoric ester groups is 1. The largest absolute Gasteiger partial charge is 0.472 e. The predicted octanol–water partition coefficient (Wildman–Crippen LogP) is 17.0. The first kappa shape index (κ1) is 64.7. The van der Waals surface area contributed by atoms with Crippen molar-refractivity contribution >= 4 is 13.7 Å². The van der Waals surface area contributed by atoms with Gasteiger partial charge in [-0.15, -0.1) is 0 Å². The Morgan fingerprint density at radius 2 is 0.833 bits per heavy atom. The molecule has 0 saturated carbocycles. The standard InChI is InChI=1S/C57H111N2O6P/c1-6-8-10-12-14-16-18-20-21-22-23-24-25-26-27-28-29-30-31-32-33-34-35-36-37-38-39-40-42-44-46-48-50-56(60)55(54-65-66(62,63)64-53-52-59(3,4)5)58-57(61)51-49-47-45-43-41-19-17-15-13-11-9-7-2/h36-37,40,42,48,50,55-56,60H,6-35,38-39,41,43-47,49,51-54H2,1-5H3,(H-,58,61,62,63)/p+1/b37-36+,42-40+,50-48+. The molecule has 0 aromatic carbocycles. The quantitative estimate of drug-likeness (QED) is 0.0243. The van der Waals surface area contributed by atoms with Crippen LogP contribution in [0.3, 0.4) is 0 Å². The predicted molar refractivity (Wildman–Crippen MR) is 286 cm³/mol. The molecule has 9 heteroatoms. The molecule has 0 fully saturated rings. The van der Waals surface area contributed by atoms with Crippen molar-refractivity contribution in [2.24, 2.45) is 0 Å². The number of nitrogens with one attached hydrogen (secondary N) is 1. The minimum Gasteiger partial charge on any atom is -0.387 e. The lowest BCUT2D eigenvalue weighted by Gasteiger charge is -2.25. The van der Waals surface area contributed by atoms with Crippen LogP contribution in [0, 0.1) is 0 Å². The lowest BCUT2D eigenvalue weighted by molar-refractivity contribution is -0.870. The fourth-order valence-corrected chi connectivity index (χ4v) is 9.11. The molecule has 0 aromatic heterocycles. The van der Waals surface area contributed by atoms with E-state index >= 15 is 0 Å². The summed E-state index contributed by atoms with van der Waals surface area (Å²) in [4.78, 5) is 23.2. The van der Waals surface area contributed by atoms with E-state index in [1.165, 1.54) is 205 Å². The van der Waals surface area contributed by atoms with E-state index in [4.69, 9.17) is 9.05 Å². The van der Waals surface area contributed by atoms with Crippen molar-refractivity contribution < 1.29 is 32.9 Å². The van der Waals surface area contributed by atoms with Gasteiger partial charge < -0.3 is 19.8 Å². The average Bonchev–Trinajstić information content (AvgIpc) is 3.28. The second-order valence-corrected chi connectivity index (χ2v) is 22.1. The molecular weight excluding hydrogens is 840 g/mol. The Bertz CT molecular complexity index is 1170. The van der Waals surface area contributed by atoms with E-state index in [-0.39, 0.29) is 19.1 Å². The highest BCUT2D eigenvalue weighted by molar-refractivity contribution is 7.47. The summed E-state index contributed by atoms with van der Waals surface area (Å²) in [6.07, 6.45) is 62.7. The van der Waals surface area contributed by atoms with Crippen molar-refractivity contribution in [3.05, 3.63) is 36.5 Å². The number of aliphatic hydroxyl groups excluding tert-OH is 1. The number of aliphatic hydroxyl groups is 1. The van der Waals surface area contributed by atoms with Gasteiger partial charge in [-0.3, -0.25) is 13.8 Å². The van der Waals surface area contributed by atoms with Gasteiger partial charge in [0.2, 0.25) is 5.91 Å². The van der Waals surface area contributed by atoms with Gasteiger partial charge in [0.25, 0.3) is 0 Å². The lowest BCUT2D eigenvalue weighted by atomic mass is 10.0. The van der Waals surface area contributed by atoms with Crippen molar-refractivity contribution in [1.82, 2.24) is 5.32 Å². The number of rotatable bonds is 52. The van der Waals surface area contributed by atoms with E-state index in [9.17, 15) is 19.4 Å². The first-order chi connectivity index (χ1) is 32.0. The van der Waals surface area contributed by atoms with Gasteiger partial charge in [0.15, 0.2) is 0 Å². The van der Waals surface area contributed by atoms with E-state index in [0.717, 1.165) is 44.9 Å². The Morgan fingerprint density at radius 3 is 1.21 bits per heavy atom. The van der Waals surface area contributed by atoms with Crippen LogP contribution in [-0.4, -0.2) is 73.4 Å². The van der Waals surface area contributed by atoms with Gasteiger partial charge in [0.05, 0.1) is 39.9 Å². The second kappa shape index (κ2) is 48.7. The molecule has 0 bridgehead atoms. The highest BCUT2D eigenvalue weighted by Gasteiger charge is 2.27. The zero-order chi connectivity index (χ0) is 48.5. The Labute approximate surface area is 410 Å². The summed E-state index contributed by atoms with van der Waals surface area (Å²) in [6, 6.07) is -0.866. The maximum Gasteiger partial charge on any atom is 0.472 e. The molecule has 0 heterocycles. The van der Waals surface area contributed by atoms with E-state index in [0.29, 0.717) is 17.4 Å². The number of likely N-dealkylation sites (N-methyl/N-ethyl adjacent to an activating group) is 1. The van der Waals surface area contributed by atoms with Crippen molar-refractivity contribution in [1.29, 1.82) is 0 Å². The minimum atomic E-state index is -4.35. The second-order valence-electron chi connectivity index (χ2n) is 20.7. The van der Waals surface area contributed by atoms with Crippen molar-refractivity contribution in [2.75, 3.05) is 40.9 Å². The number of allylic oxidation sites excluding steroid dienone is 5. The number of carbonyl (C=O) groups is 1. The molecule has 0 aliphatic rings. The summed E-state index contributed by atoms with van der Waals surface area (Å²) in [5.41, 5.74) is 0. The summed E-state index contributed by atoms with van der Waals surface area (Å²) >= 11 is 0. The van der Waals surface area contributed by atoms with Crippen LogP contribution in [0.1, 0.15) is 271 Å². The number of carbonyl (C=O) groups excluding carboxylic acids is 1. The van der Waals surface area contributed by atoms with Gasteiger partial charge in [-0.25, -0.2) is 4.57 Å². The van der Waals surface area contributed by atoms with Crippen LogP contribution in [0.25, 0.3) is 0 Å². The van der Waals surface area contributed by atoms with Gasteiger partial charge in [0.1, 0.15) is 13.2 Å². The fourth-order valence-electron chi connectivity index (χ4n) is 8.37. The molecule has 8 nitrogen and oxygen atoms in total. The molecule has 3 atom stereocenters. The molecule has 0 saturated heterocycles. The Balaban J connectivity index is 4.13. The molecular formula is C57H112N2O6P+. The van der Waals surface area contributed by atoms with Gasteiger partial charge >= 0.3 is 7.82 Å². The number of quaternary nitrogens is 1. The number of unbranched alkanes of at least 4 members (excludes halogenated alkanes) is 35. The summed E-state index contributed by atoms with van der Waals surface area (Å²) in [6.45, 7) is 4.80. The van der Waals surface area contributed by atoms with Crippen LogP contribution in [0.5, 0.6) is 0 Å². The smallest absolute Gasteiger partial charge is 0.387 e. The molecule has 3 unspecified atom stereocenters.